The molecule has 0 fully saturated rings. The van der Waals surface area contributed by atoms with Crippen molar-refractivity contribution in [2.75, 3.05) is 0 Å². The van der Waals surface area contributed by atoms with E-state index in [0.29, 0.717) is 24.8 Å². The molecule has 0 bridgehead atoms. The summed E-state index contributed by atoms with van der Waals surface area (Å²) in [7, 11) is -4.63. The van der Waals surface area contributed by atoms with Gasteiger partial charge >= 0.3 is 13.8 Å². The third-order valence-electron chi connectivity index (χ3n) is 6.23. The summed E-state index contributed by atoms with van der Waals surface area (Å²) in [4.78, 5) is 31.4. The van der Waals surface area contributed by atoms with Crippen LogP contribution in [0, 0.1) is 5.92 Å². The van der Waals surface area contributed by atoms with Crippen molar-refractivity contribution in [2.24, 2.45) is 5.92 Å². The Bertz CT molecular complexity index is 992. The average molecular weight is 545 g/mol. The zero-order valence-corrected chi connectivity index (χ0v) is 24.0. The van der Waals surface area contributed by atoms with Gasteiger partial charge in [0.1, 0.15) is 6.10 Å². The highest BCUT2D eigenvalue weighted by Crippen LogP contribution is 2.40. The number of hydrogen-bond acceptors (Lipinski definition) is 4. The number of esters is 1. The maximum Gasteiger partial charge on any atom is 0.470 e. The Labute approximate surface area is 229 Å². The maximum atomic E-state index is 12.7. The smallest absolute Gasteiger partial charge is 0.462 e. The summed E-state index contributed by atoms with van der Waals surface area (Å²) in [5.41, 5.74) is 2.71. The van der Waals surface area contributed by atoms with Crippen LogP contribution in [-0.4, -0.2) is 28.0 Å². The molecule has 1 aliphatic rings. The Morgan fingerprint density at radius 2 is 1.84 bits per heavy atom. The minimum Gasteiger partial charge on any atom is -0.462 e. The minimum absolute atomic E-state index is 0.160. The molecular weight excluding hydrogens is 499 g/mol. The van der Waals surface area contributed by atoms with E-state index in [1.54, 1.807) is 19.1 Å². The standard InChI is InChI=1S/C31H45O6P/c1-6-17-25(2)22-23-29-20-16-15-19-27(4)30(37-38(33,34)35)21-14-12-10-8-7-9-11-13-18-26(3)28(5)24-31(32)36-29/h6-11,13,15-17,19,26,29-30H,1,5,12,14,18,20-24H2,2-4H3,(H2,33,34,35)/b9-7-,10-8-,13-11-,16-15-,25-17+,27-19-/t26-,29-,30-/m0/s1. The van der Waals surface area contributed by atoms with Gasteiger partial charge in [0.25, 0.3) is 0 Å². The molecule has 210 valence electrons. The van der Waals surface area contributed by atoms with Crippen molar-refractivity contribution in [3.05, 3.63) is 96.7 Å². The lowest BCUT2D eigenvalue weighted by molar-refractivity contribution is -0.148. The zero-order chi connectivity index (χ0) is 28.4. The molecule has 0 spiro atoms. The van der Waals surface area contributed by atoms with Gasteiger partial charge in [-0.25, -0.2) is 4.57 Å². The van der Waals surface area contributed by atoms with Gasteiger partial charge in [-0.1, -0.05) is 98.1 Å². The molecule has 0 aliphatic carbocycles. The van der Waals surface area contributed by atoms with E-state index >= 15 is 0 Å². The van der Waals surface area contributed by atoms with Crippen molar-refractivity contribution in [3.8, 4) is 0 Å². The van der Waals surface area contributed by atoms with Crippen LogP contribution in [0.3, 0.4) is 0 Å². The summed E-state index contributed by atoms with van der Waals surface area (Å²) in [6, 6.07) is 0. The van der Waals surface area contributed by atoms with Gasteiger partial charge in [-0.3, -0.25) is 9.32 Å². The lowest BCUT2D eigenvalue weighted by Crippen LogP contribution is -2.19. The van der Waals surface area contributed by atoms with Crippen molar-refractivity contribution in [1.82, 2.24) is 0 Å². The number of rotatable bonds is 6. The van der Waals surface area contributed by atoms with Crippen molar-refractivity contribution < 1.29 is 28.4 Å². The summed E-state index contributed by atoms with van der Waals surface area (Å²) < 4.78 is 22.4. The number of hydrogen-bond donors (Lipinski definition) is 2. The first-order valence-corrected chi connectivity index (χ1v) is 14.8. The van der Waals surface area contributed by atoms with Crippen LogP contribution in [0.1, 0.15) is 72.1 Å². The second-order valence-electron chi connectivity index (χ2n) is 9.70. The predicted octanol–water partition coefficient (Wildman–Crippen LogP) is 8.01. The molecule has 38 heavy (non-hydrogen) atoms. The molecule has 1 heterocycles. The number of phosphoric acid groups is 1. The van der Waals surface area contributed by atoms with E-state index in [1.807, 2.05) is 55.5 Å². The summed E-state index contributed by atoms with van der Waals surface area (Å²) in [6.07, 6.45) is 25.0. The van der Waals surface area contributed by atoms with Crippen LogP contribution < -0.4 is 0 Å². The molecule has 0 unspecified atom stereocenters. The third-order valence-corrected chi connectivity index (χ3v) is 6.76. The molecule has 1 aliphatic heterocycles. The fourth-order valence-electron chi connectivity index (χ4n) is 3.82. The van der Waals surface area contributed by atoms with Crippen molar-refractivity contribution in [3.63, 3.8) is 0 Å². The number of phosphoric ester groups is 1. The average Bonchev–Trinajstić information content (AvgIpc) is 2.83. The fraction of sp³-hybridized carbons (Fsp3) is 0.452. The topological polar surface area (TPSA) is 93.1 Å². The third kappa shape index (κ3) is 16.4. The number of allylic oxidation sites excluding steroid dienone is 11. The first-order chi connectivity index (χ1) is 18.0. The molecule has 0 saturated carbocycles. The monoisotopic (exact) mass is 544 g/mol. The minimum atomic E-state index is -4.63. The lowest BCUT2D eigenvalue weighted by atomic mass is 9.96. The summed E-state index contributed by atoms with van der Waals surface area (Å²) >= 11 is 0. The SMILES string of the molecule is C=C/C=C(\C)CC[C@@H]1C/C=C\C=C(\C)[C@@H](OP(=O)(O)O)CCC\C=C/C=C\C=C/C[C@H](C)C(=C)CC(=O)O1. The molecular formula is C31H45O6P. The van der Waals surface area contributed by atoms with Gasteiger partial charge in [0.2, 0.25) is 0 Å². The van der Waals surface area contributed by atoms with E-state index in [0.717, 1.165) is 36.8 Å². The number of cyclic esters (lactones) is 1. The van der Waals surface area contributed by atoms with Crippen molar-refractivity contribution >= 4 is 13.8 Å². The second-order valence-corrected chi connectivity index (χ2v) is 10.9. The van der Waals surface area contributed by atoms with Gasteiger partial charge in [-0.05, 0) is 63.9 Å². The lowest BCUT2D eigenvalue weighted by Gasteiger charge is -2.19. The molecule has 0 aromatic carbocycles. The summed E-state index contributed by atoms with van der Waals surface area (Å²) in [6.45, 7) is 13.7. The Morgan fingerprint density at radius 3 is 2.53 bits per heavy atom. The molecule has 1 rings (SSSR count). The number of carbonyl (C=O) groups is 1. The number of ether oxygens (including phenoxy) is 1. The van der Waals surface area contributed by atoms with Crippen LogP contribution in [0.15, 0.2) is 96.7 Å². The van der Waals surface area contributed by atoms with Gasteiger partial charge < -0.3 is 14.5 Å². The van der Waals surface area contributed by atoms with Crippen molar-refractivity contribution in [2.45, 2.75) is 84.3 Å². The quantitative estimate of drug-likeness (QED) is 0.152. The highest BCUT2D eigenvalue weighted by Gasteiger charge is 2.23. The predicted molar refractivity (Wildman–Crippen MR) is 156 cm³/mol. The van der Waals surface area contributed by atoms with Gasteiger partial charge in [-0.2, -0.15) is 0 Å². The Kier molecular flexibility index (Phi) is 16.5. The Balaban J connectivity index is 3.11. The van der Waals surface area contributed by atoms with Gasteiger partial charge in [0.15, 0.2) is 0 Å². The van der Waals surface area contributed by atoms with E-state index in [2.05, 4.69) is 26.2 Å². The van der Waals surface area contributed by atoms with Gasteiger partial charge in [-0.15, -0.1) is 0 Å². The summed E-state index contributed by atoms with van der Waals surface area (Å²) in [5, 5.41) is 0. The van der Waals surface area contributed by atoms with Crippen LogP contribution in [-0.2, 0) is 18.6 Å². The molecule has 0 aromatic rings. The molecule has 0 radical (unpaired) electrons. The normalized spacial score (nSPS) is 28.5. The molecule has 0 aromatic heterocycles. The van der Waals surface area contributed by atoms with E-state index in [4.69, 9.17) is 9.26 Å². The largest absolute Gasteiger partial charge is 0.470 e. The summed E-state index contributed by atoms with van der Waals surface area (Å²) in [5.74, 6) is -0.128. The molecule has 0 saturated heterocycles. The first-order valence-electron chi connectivity index (χ1n) is 13.2. The van der Waals surface area contributed by atoms with Crippen LogP contribution in [0.25, 0.3) is 0 Å². The molecule has 3 atom stereocenters. The molecule has 0 amide bonds. The Morgan fingerprint density at radius 1 is 1.16 bits per heavy atom. The van der Waals surface area contributed by atoms with Crippen LogP contribution in [0.2, 0.25) is 0 Å². The first kappa shape index (κ1) is 33.5. The number of carbonyl (C=O) groups excluding carboxylic acids is 1. The van der Waals surface area contributed by atoms with E-state index < -0.39 is 13.9 Å². The Hall–Kier alpha value is -2.50. The van der Waals surface area contributed by atoms with Gasteiger partial charge in [0, 0.05) is 6.42 Å². The fourth-order valence-corrected chi connectivity index (χ4v) is 4.43. The van der Waals surface area contributed by atoms with Crippen LogP contribution >= 0.6 is 7.82 Å². The maximum absolute atomic E-state index is 12.7. The van der Waals surface area contributed by atoms with E-state index in [9.17, 15) is 19.1 Å². The van der Waals surface area contributed by atoms with E-state index in [-0.39, 0.29) is 24.4 Å². The zero-order valence-electron chi connectivity index (χ0n) is 23.1. The molecule has 2 N–H and O–H groups in total. The second kappa shape index (κ2) is 18.7. The van der Waals surface area contributed by atoms with E-state index in [1.165, 1.54) is 0 Å². The van der Waals surface area contributed by atoms with Crippen LogP contribution in [0.4, 0.5) is 0 Å². The molecule has 7 heteroatoms. The molecule has 6 nitrogen and oxygen atoms in total. The van der Waals surface area contributed by atoms with Gasteiger partial charge in [0.05, 0.1) is 12.5 Å². The highest BCUT2D eigenvalue weighted by molar-refractivity contribution is 7.46. The van der Waals surface area contributed by atoms with Crippen molar-refractivity contribution in [1.29, 1.82) is 0 Å². The highest BCUT2D eigenvalue weighted by atomic mass is 31.2. The van der Waals surface area contributed by atoms with Crippen LogP contribution in [0.5, 0.6) is 0 Å².